The smallest absolute Gasteiger partial charge is 0.228 e. The van der Waals surface area contributed by atoms with Crippen molar-refractivity contribution < 1.29 is 9.59 Å². The van der Waals surface area contributed by atoms with Crippen molar-refractivity contribution in [1.82, 2.24) is 4.90 Å². The van der Waals surface area contributed by atoms with Crippen LogP contribution in [0.25, 0.3) is 0 Å². The van der Waals surface area contributed by atoms with Crippen LogP contribution in [-0.2, 0) is 22.7 Å². The van der Waals surface area contributed by atoms with Gasteiger partial charge in [0.1, 0.15) is 0 Å². The molecule has 156 valence electrons. The molecule has 0 unspecified atom stereocenters. The third-order valence-electron chi connectivity index (χ3n) is 4.67. The Bertz CT molecular complexity index is 839. The van der Waals surface area contributed by atoms with E-state index in [1.165, 1.54) is 0 Å². The lowest BCUT2D eigenvalue weighted by atomic mass is 9.94. The summed E-state index contributed by atoms with van der Waals surface area (Å²) in [6.45, 7) is 8.66. The van der Waals surface area contributed by atoms with Crippen LogP contribution in [0.3, 0.4) is 0 Å². The Kier molecular flexibility index (Phi) is 7.43. The number of carbonyl (C=O) groups is 2. The van der Waals surface area contributed by atoms with E-state index in [9.17, 15) is 9.59 Å². The second kappa shape index (κ2) is 9.59. The Morgan fingerprint density at radius 3 is 2.17 bits per heavy atom. The van der Waals surface area contributed by atoms with Crippen molar-refractivity contribution in [3.63, 3.8) is 0 Å². The molecule has 0 radical (unpaired) electrons. The summed E-state index contributed by atoms with van der Waals surface area (Å²) < 4.78 is 0. The summed E-state index contributed by atoms with van der Waals surface area (Å²) in [6.07, 6.45) is 0.424. The topological polar surface area (TPSA) is 52.7 Å². The van der Waals surface area contributed by atoms with Crippen LogP contribution in [0, 0.1) is 5.41 Å². The summed E-state index contributed by atoms with van der Waals surface area (Å²) in [4.78, 5) is 29.0. The Hall–Kier alpha value is -2.82. The van der Waals surface area contributed by atoms with Crippen molar-refractivity contribution in [2.45, 2.75) is 47.2 Å². The quantitative estimate of drug-likeness (QED) is 0.741. The highest BCUT2D eigenvalue weighted by Gasteiger charge is 2.28. The van der Waals surface area contributed by atoms with Crippen LogP contribution in [0.1, 0.15) is 45.2 Å². The molecule has 2 rings (SSSR count). The Balaban J connectivity index is 2.40. The first-order chi connectivity index (χ1) is 13.6. The monoisotopic (exact) mass is 395 g/mol. The lowest BCUT2D eigenvalue weighted by molar-refractivity contribution is -0.140. The number of benzene rings is 2. The van der Waals surface area contributed by atoms with E-state index in [2.05, 4.69) is 5.32 Å². The molecule has 0 atom stereocenters. The van der Waals surface area contributed by atoms with Crippen LogP contribution in [0.15, 0.2) is 48.5 Å². The molecule has 0 aliphatic rings. The van der Waals surface area contributed by atoms with Crippen LogP contribution in [0.2, 0.25) is 0 Å². The van der Waals surface area contributed by atoms with Gasteiger partial charge >= 0.3 is 0 Å². The Morgan fingerprint density at radius 1 is 0.966 bits per heavy atom. The lowest BCUT2D eigenvalue weighted by Gasteiger charge is -2.31. The fraction of sp³-hybridized carbons (Fsp3) is 0.417. The van der Waals surface area contributed by atoms with Gasteiger partial charge < -0.3 is 15.1 Å². The molecule has 0 spiro atoms. The van der Waals surface area contributed by atoms with E-state index >= 15 is 0 Å². The van der Waals surface area contributed by atoms with Crippen LogP contribution < -0.4 is 10.2 Å². The predicted molar refractivity (Wildman–Crippen MR) is 120 cm³/mol. The number of nitrogens with zero attached hydrogens (tertiary/aromatic N) is 2. The van der Waals surface area contributed by atoms with Gasteiger partial charge in [0.05, 0.1) is 0 Å². The molecule has 2 aromatic carbocycles. The number of nitrogens with one attached hydrogen (secondary N) is 1. The maximum atomic E-state index is 13.2. The highest BCUT2D eigenvalue weighted by molar-refractivity contribution is 5.91. The van der Waals surface area contributed by atoms with Crippen molar-refractivity contribution in [2.75, 3.05) is 24.3 Å². The molecule has 2 aromatic rings. The summed E-state index contributed by atoms with van der Waals surface area (Å²) in [6, 6.07) is 15.9. The van der Waals surface area contributed by atoms with Crippen LogP contribution in [0.4, 0.5) is 11.4 Å². The lowest BCUT2D eigenvalue weighted by Crippen LogP contribution is -2.38. The first-order valence-corrected chi connectivity index (χ1v) is 10.0. The van der Waals surface area contributed by atoms with Gasteiger partial charge in [-0.25, -0.2) is 0 Å². The average molecular weight is 396 g/mol. The minimum absolute atomic E-state index is 0.0273. The predicted octanol–water partition coefficient (Wildman–Crippen LogP) is 4.68. The van der Waals surface area contributed by atoms with Gasteiger partial charge in [0, 0.05) is 50.4 Å². The Labute approximate surface area is 174 Å². The largest absolute Gasteiger partial charge is 0.377 e. The maximum Gasteiger partial charge on any atom is 0.228 e. The summed E-state index contributed by atoms with van der Waals surface area (Å²) in [5.41, 5.74) is 3.38. The molecule has 5 heteroatoms. The molecular formula is C24H33N3O2. The molecule has 0 saturated heterocycles. The first kappa shape index (κ1) is 22.5. The summed E-state index contributed by atoms with van der Waals surface area (Å²) in [7, 11) is 3.96. The van der Waals surface area contributed by atoms with E-state index in [1.807, 2.05) is 100 Å². The summed E-state index contributed by atoms with van der Waals surface area (Å²) >= 11 is 0. The van der Waals surface area contributed by atoms with Crippen LogP contribution in [-0.4, -0.2) is 30.8 Å². The van der Waals surface area contributed by atoms with Crippen molar-refractivity contribution in [3.8, 4) is 0 Å². The van der Waals surface area contributed by atoms with Gasteiger partial charge in [-0.1, -0.05) is 58.0 Å². The number of rotatable bonds is 7. The molecule has 0 heterocycles. The average Bonchev–Trinajstić information content (AvgIpc) is 2.66. The molecule has 0 bridgehead atoms. The highest BCUT2D eigenvalue weighted by Crippen LogP contribution is 2.27. The number of amides is 2. The first-order valence-electron chi connectivity index (χ1n) is 10.0. The van der Waals surface area contributed by atoms with Gasteiger partial charge in [-0.3, -0.25) is 9.59 Å². The van der Waals surface area contributed by atoms with Gasteiger partial charge in [-0.05, 0) is 29.3 Å². The highest BCUT2D eigenvalue weighted by atomic mass is 16.2. The molecule has 0 saturated carbocycles. The zero-order valence-electron chi connectivity index (χ0n) is 18.5. The molecule has 0 aliphatic carbocycles. The van der Waals surface area contributed by atoms with Gasteiger partial charge in [0.25, 0.3) is 0 Å². The number of hydrogen-bond donors (Lipinski definition) is 1. The van der Waals surface area contributed by atoms with Crippen molar-refractivity contribution in [1.29, 1.82) is 0 Å². The van der Waals surface area contributed by atoms with E-state index in [1.54, 1.807) is 0 Å². The van der Waals surface area contributed by atoms with Crippen molar-refractivity contribution >= 4 is 23.2 Å². The van der Waals surface area contributed by atoms with E-state index in [-0.39, 0.29) is 11.8 Å². The molecule has 1 N–H and O–H groups in total. The molecular weight excluding hydrogens is 362 g/mol. The van der Waals surface area contributed by atoms with Crippen molar-refractivity contribution in [3.05, 3.63) is 59.7 Å². The second-order valence-electron chi connectivity index (χ2n) is 8.54. The molecule has 2 amide bonds. The van der Waals surface area contributed by atoms with Crippen LogP contribution >= 0.6 is 0 Å². The van der Waals surface area contributed by atoms with E-state index < -0.39 is 5.41 Å². The normalized spacial score (nSPS) is 11.1. The molecule has 29 heavy (non-hydrogen) atoms. The maximum absolute atomic E-state index is 13.2. The van der Waals surface area contributed by atoms with Crippen LogP contribution in [0.5, 0.6) is 0 Å². The van der Waals surface area contributed by atoms with Gasteiger partial charge in [0.15, 0.2) is 0 Å². The van der Waals surface area contributed by atoms with Gasteiger partial charge in [-0.15, -0.1) is 0 Å². The third-order valence-corrected chi connectivity index (χ3v) is 4.67. The van der Waals surface area contributed by atoms with E-state index in [0.717, 1.165) is 22.5 Å². The Morgan fingerprint density at radius 2 is 1.62 bits per heavy atom. The van der Waals surface area contributed by atoms with E-state index in [4.69, 9.17) is 0 Å². The third kappa shape index (κ3) is 6.34. The standard InChI is InChI=1S/C24H33N3O2/c1-7-22(28)25-20-13-14-21(26(5)6)19(15-20)17-27(23(29)24(2,3)4)16-18-11-9-8-10-12-18/h8-15H,7,16-17H2,1-6H3,(H,25,28). The zero-order chi connectivity index (χ0) is 21.6. The number of carbonyl (C=O) groups excluding carboxylic acids is 2. The molecule has 0 aromatic heterocycles. The SMILES string of the molecule is CCC(=O)Nc1ccc(N(C)C)c(CN(Cc2ccccc2)C(=O)C(C)(C)C)c1. The fourth-order valence-corrected chi connectivity index (χ4v) is 3.16. The number of hydrogen-bond acceptors (Lipinski definition) is 3. The molecule has 0 aliphatic heterocycles. The summed E-state index contributed by atoms with van der Waals surface area (Å²) in [5, 5.41) is 2.92. The zero-order valence-corrected chi connectivity index (χ0v) is 18.5. The minimum atomic E-state index is -0.485. The summed E-state index contributed by atoms with van der Waals surface area (Å²) in [5.74, 6) is 0.0644. The minimum Gasteiger partial charge on any atom is -0.377 e. The second-order valence-corrected chi connectivity index (χ2v) is 8.54. The fourth-order valence-electron chi connectivity index (χ4n) is 3.16. The van der Waals surface area contributed by atoms with Gasteiger partial charge in [-0.2, -0.15) is 0 Å². The molecule has 5 nitrogen and oxygen atoms in total. The van der Waals surface area contributed by atoms with Gasteiger partial charge in [0.2, 0.25) is 11.8 Å². The number of anilines is 2. The van der Waals surface area contributed by atoms with E-state index in [0.29, 0.717) is 19.5 Å². The molecule has 0 fully saturated rings. The van der Waals surface area contributed by atoms with Crippen molar-refractivity contribution in [2.24, 2.45) is 5.41 Å².